The summed E-state index contributed by atoms with van der Waals surface area (Å²) in [6.07, 6.45) is 1.36. The molecule has 4 rings (SSSR count). The van der Waals surface area contributed by atoms with Crippen LogP contribution in [-0.4, -0.2) is 28.1 Å². The first-order valence-corrected chi connectivity index (χ1v) is 9.14. The van der Waals surface area contributed by atoms with Crippen molar-refractivity contribution < 1.29 is 9.84 Å². The first-order chi connectivity index (χ1) is 14.1. The maximum Gasteiger partial charge on any atom is 0.282 e. The third kappa shape index (κ3) is 3.58. The van der Waals surface area contributed by atoms with E-state index in [4.69, 9.17) is 16.3 Å². The van der Waals surface area contributed by atoms with Gasteiger partial charge in [0, 0.05) is 22.2 Å². The Morgan fingerprint density at radius 3 is 2.59 bits per heavy atom. The lowest BCUT2D eigenvalue weighted by atomic mass is 10.2. The third-order valence-corrected chi connectivity index (χ3v) is 4.61. The number of phenols is 1. The van der Waals surface area contributed by atoms with E-state index in [1.807, 2.05) is 36.4 Å². The molecule has 1 heterocycles. The molecule has 1 aromatic heterocycles. The number of rotatable bonds is 4. The number of fused-ring (bicyclic) bond motifs is 1. The fourth-order valence-electron chi connectivity index (χ4n) is 2.97. The summed E-state index contributed by atoms with van der Waals surface area (Å²) in [5, 5.41) is 15.5. The Balaban J connectivity index is 1.94. The van der Waals surface area contributed by atoms with Crippen LogP contribution in [0.3, 0.4) is 0 Å². The number of phenolic OH excluding ortho intramolecular Hbond substituents is 1. The number of benzene rings is 3. The molecule has 144 valence electrons. The summed E-state index contributed by atoms with van der Waals surface area (Å²) in [7, 11) is 1.43. The van der Waals surface area contributed by atoms with E-state index in [0.29, 0.717) is 27.3 Å². The Morgan fingerprint density at radius 2 is 1.83 bits per heavy atom. The Bertz CT molecular complexity index is 1280. The highest BCUT2D eigenvalue weighted by Crippen LogP contribution is 2.32. The molecule has 0 amide bonds. The van der Waals surface area contributed by atoms with E-state index < -0.39 is 0 Å². The summed E-state index contributed by atoms with van der Waals surface area (Å²) < 4.78 is 6.33. The van der Waals surface area contributed by atoms with Gasteiger partial charge in [0.15, 0.2) is 17.3 Å². The quantitative estimate of drug-likeness (QED) is 0.513. The Labute approximate surface area is 171 Å². The molecule has 7 heteroatoms. The molecule has 0 fully saturated rings. The minimum atomic E-state index is -0.320. The fraction of sp³-hybridized carbons (Fsp3) is 0.0455. The van der Waals surface area contributed by atoms with Gasteiger partial charge in [-0.3, -0.25) is 4.79 Å². The average molecular weight is 406 g/mol. The molecule has 3 aromatic carbocycles. The molecule has 0 aliphatic heterocycles. The van der Waals surface area contributed by atoms with Crippen LogP contribution in [-0.2, 0) is 0 Å². The SMILES string of the molecule is COc1cc(Cl)cc(C=Nn2c(-c3ccccc3)nc3ccccc3c2=O)c1O. The lowest BCUT2D eigenvalue weighted by Crippen LogP contribution is -2.20. The lowest BCUT2D eigenvalue weighted by molar-refractivity contribution is 0.373. The number of methoxy groups -OCH3 is 1. The van der Waals surface area contributed by atoms with Gasteiger partial charge in [-0.15, -0.1) is 0 Å². The molecule has 0 saturated carbocycles. The third-order valence-electron chi connectivity index (χ3n) is 4.39. The molecule has 29 heavy (non-hydrogen) atoms. The maximum absolute atomic E-state index is 13.1. The number of para-hydroxylation sites is 1. The first kappa shape index (κ1) is 18.7. The maximum atomic E-state index is 13.1. The van der Waals surface area contributed by atoms with E-state index in [0.717, 1.165) is 5.56 Å². The van der Waals surface area contributed by atoms with Crippen LogP contribution in [0.15, 0.2) is 76.6 Å². The molecule has 0 unspecified atom stereocenters. The van der Waals surface area contributed by atoms with Crippen LogP contribution in [0, 0.1) is 0 Å². The molecule has 0 bridgehead atoms. The highest BCUT2D eigenvalue weighted by molar-refractivity contribution is 6.31. The van der Waals surface area contributed by atoms with E-state index >= 15 is 0 Å². The molecule has 1 N–H and O–H groups in total. The monoisotopic (exact) mass is 405 g/mol. The van der Waals surface area contributed by atoms with Gasteiger partial charge in [0.1, 0.15) is 0 Å². The van der Waals surface area contributed by atoms with Gasteiger partial charge in [0.25, 0.3) is 5.56 Å². The van der Waals surface area contributed by atoms with Gasteiger partial charge < -0.3 is 9.84 Å². The van der Waals surface area contributed by atoms with Gasteiger partial charge in [0.2, 0.25) is 0 Å². The van der Waals surface area contributed by atoms with E-state index in [1.54, 1.807) is 18.2 Å². The highest BCUT2D eigenvalue weighted by Gasteiger charge is 2.13. The molecule has 0 aliphatic rings. The zero-order chi connectivity index (χ0) is 20.4. The summed E-state index contributed by atoms with van der Waals surface area (Å²) >= 11 is 6.09. The number of halogens is 1. The van der Waals surface area contributed by atoms with Crippen molar-refractivity contribution >= 4 is 28.7 Å². The van der Waals surface area contributed by atoms with Gasteiger partial charge in [-0.05, 0) is 18.2 Å². The predicted octanol–water partition coefficient (Wildman–Crippen LogP) is 4.31. The van der Waals surface area contributed by atoms with Crippen molar-refractivity contribution in [3.05, 3.63) is 87.7 Å². The fourth-order valence-corrected chi connectivity index (χ4v) is 3.19. The topological polar surface area (TPSA) is 76.7 Å². The summed E-state index contributed by atoms with van der Waals surface area (Å²) in [5.74, 6) is 0.481. The van der Waals surface area contributed by atoms with Crippen molar-refractivity contribution in [3.63, 3.8) is 0 Å². The minimum Gasteiger partial charge on any atom is -0.504 e. The number of aromatic hydroxyl groups is 1. The van der Waals surface area contributed by atoms with Crippen molar-refractivity contribution in [2.24, 2.45) is 5.10 Å². The van der Waals surface area contributed by atoms with Gasteiger partial charge in [0.05, 0.1) is 24.2 Å². The minimum absolute atomic E-state index is 0.122. The normalized spacial score (nSPS) is 11.2. The zero-order valence-electron chi connectivity index (χ0n) is 15.4. The lowest BCUT2D eigenvalue weighted by Gasteiger charge is -2.10. The van der Waals surface area contributed by atoms with Crippen LogP contribution >= 0.6 is 11.6 Å². The molecule has 0 atom stereocenters. The number of hydrogen-bond acceptors (Lipinski definition) is 5. The summed E-state index contributed by atoms with van der Waals surface area (Å²) in [4.78, 5) is 17.7. The Kier molecular flexibility index (Phi) is 5.01. The zero-order valence-corrected chi connectivity index (χ0v) is 16.2. The number of aromatic nitrogens is 2. The van der Waals surface area contributed by atoms with Gasteiger partial charge >= 0.3 is 0 Å². The second-order valence-corrected chi connectivity index (χ2v) is 6.66. The van der Waals surface area contributed by atoms with Crippen molar-refractivity contribution in [1.29, 1.82) is 0 Å². The molecular weight excluding hydrogens is 390 g/mol. The number of hydrogen-bond donors (Lipinski definition) is 1. The van der Waals surface area contributed by atoms with Crippen LogP contribution in [0.5, 0.6) is 11.5 Å². The van der Waals surface area contributed by atoms with Crippen LogP contribution in [0.1, 0.15) is 5.56 Å². The summed E-state index contributed by atoms with van der Waals surface area (Å²) in [6, 6.07) is 19.4. The van der Waals surface area contributed by atoms with Crippen LogP contribution in [0.25, 0.3) is 22.3 Å². The van der Waals surface area contributed by atoms with Crippen molar-refractivity contribution in [1.82, 2.24) is 9.66 Å². The predicted molar refractivity (Wildman–Crippen MR) is 114 cm³/mol. The van der Waals surface area contributed by atoms with Crippen molar-refractivity contribution in [2.75, 3.05) is 7.11 Å². The standard InChI is InChI=1S/C22H16ClN3O3/c1-29-19-12-16(23)11-15(20(19)27)13-24-26-21(14-7-3-2-4-8-14)25-18-10-6-5-9-17(18)22(26)28/h2-13,27H,1H3. The molecular formula is C22H16ClN3O3. The largest absolute Gasteiger partial charge is 0.504 e. The van der Waals surface area contributed by atoms with E-state index in [2.05, 4.69) is 10.1 Å². The Hall–Kier alpha value is -3.64. The van der Waals surface area contributed by atoms with Crippen molar-refractivity contribution in [3.8, 4) is 22.9 Å². The van der Waals surface area contributed by atoms with E-state index in [9.17, 15) is 9.90 Å². The summed E-state index contributed by atoms with van der Waals surface area (Å²) in [5.41, 5.74) is 1.31. The number of nitrogens with zero attached hydrogens (tertiary/aromatic N) is 3. The average Bonchev–Trinajstić information content (AvgIpc) is 2.75. The van der Waals surface area contributed by atoms with Crippen molar-refractivity contribution in [2.45, 2.75) is 0 Å². The second-order valence-electron chi connectivity index (χ2n) is 6.23. The molecule has 6 nitrogen and oxygen atoms in total. The molecule has 0 spiro atoms. The smallest absolute Gasteiger partial charge is 0.282 e. The molecule has 0 aliphatic carbocycles. The van der Waals surface area contributed by atoms with Crippen LogP contribution in [0.2, 0.25) is 5.02 Å². The molecule has 4 aromatic rings. The van der Waals surface area contributed by atoms with Gasteiger partial charge in [-0.1, -0.05) is 54.1 Å². The van der Waals surface area contributed by atoms with Gasteiger partial charge in [-0.2, -0.15) is 9.78 Å². The Morgan fingerprint density at radius 1 is 1.10 bits per heavy atom. The molecule has 0 saturated heterocycles. The van der Waals surface area contributed by atoms with Crippen LogP contribution < -0.4 is 10.3 Å². The van der Waals surface area contributed by atoms with E-state index in [-0.39, 0.29) is 17.1 Å². The highest BCUT2D eigenvalue weighted by atomic mass is 35.5. The second kappa shape index (κ2) is 7.77. The van der Waals surface area contributed by atoms with Gasteiger partial charge in [-0.25, -0.2) is 4.98 Å². The first-order valence-electron chi connectivity index (χ1n) is 8.76. The van der Waals surface area contributed by atoms with E-state index in [1.165, 1.54) is 30.1 Å². The van der Waals surface area contributed by atoms with Crippen LogP contribution in [0.4, 0.5) is 0 Å². The summed E-state index contributed by atoms with van der Waals surface area (Å²) in [6.45, 7) is 0. The number of ether oxygens (including phenoxy) is 1. The molecule has 0 radical (unpaired) electrons.